The van der Waals surface area contributed by atoms with Gasteiger partial charge < -0.3 is 10.6 Å². The second-order valence-electron chi connectivity index (χ2n) is 5.78. The smallest absolute Gasteiger partial charge is 0.175 e. The molecular formula is C19H19FN4S. The molecule has 25 heavy (non-hydrogen) atoms. The molecule has 1 heterocycles. The van der Waals surface area contributed by atoms with Gasteiger partial charge in [-0.25, -0.2) is 4.39 Å². The van der Waals surface area contributed by atoms with Gasteiger partial charge in [0, 0.05) is 5.69 Å². The summed E-state index contributed by atoms with van der Waals surface area (Å²) < 4.78 is 14.9. The summed E-state index contributed by atoms with van der Waals surface area (Å²) in [5.74, 6) is -0.239. The number of aryl methyl sites for hydroxylation is 1. The molecule has 128 valence electrons. The largest absolute Gasteiger partial charge is 0.332 e. The molecule has 0 atom stereocenters. The van der Waals surface area contributed by atoms with Crippen molar-refractivity contribution in [3.05, 3.63) is 77.4 Å². The number of halogens is 1. The Hall–Kier alpha value is -2.73. The standard InChI is InChI=1S/C19H19FN4S/c1-13-18(22-19(25)21-17-6-4-3-5-7-17)14(2)24(23-13)12-15-8-10-16(20)11-9-15/h3-11H,12H2,1-2H3,(H2,21,22,25). The average molecular weight is 354 g/mol. The molecule has 0 bridgehead atoms. The van der Waals surface area contributed by atoms with E-state index >= 15 is 0 Å². The summed E-state index contributed by atoms with van der Waals surface area (Å²) in [5.41, 5.74) is 4.63. The van der Waals surface area contributed by atoms with Crippen LogP contribution in [-0.2, 0) is 6.54 Å². The summed E-state index contributed by atoms with van der Waals surface area (Å²) >= 11 is 5.39. The van der Waals surface area contributed by atoms with Crippen LogP contribution in [0.2, 0.25) is 0 Å². The van der Waals surface area contributed by atoms with Crippen molar-refractivity contribution in [2.75, 3.05) is 10.6 Å². The highest BCUT2D eigenvalue weighted by atomic mass is 32.1. The van der Waals surface area contributed by atoms with E-state index in [0.717, 1.165) is 28.3 Å². The highest BCUT2D eigenvalue weighted by Crippen LogP contribution is 2.21. The van der Waals surface area contributed by atoms with E-state index in [1.807, 2.05) is 48.9 Å². The lowest BCUT2D eigenvalue weighted by atomic mass is 10.2. The Bertz CT molecular complexity index is 872. The fourth-order valence-electron chi connectivity index (χ4n) is 2.59. The van der Waals surface area contributed by atoms with E-state index < -0.39 is 0 Å². The minimum atomic E-state index is -0.239. The predicted molar refractivity (Wildman–Crippen MR) is 103 cm³/mol. The summed E-state index contributed by atoms with van der Waals surface area (Å²) in [6.45, 7) is 4.49. The molecule has 2 aromatic carbocycles. The van der Waals surface area contributed by atoms with Crippen LogP contribution in [-0.4, -0.2) is 14.9 Å². The van der Waals surface area contributed by atoms with Crippen LogP contribution < -0.4 is 10.6 Å². The van der Waals surface area contributed by atoms with E-state index in [1.165, 1.54) is 12.1 Å². The van der Waals surface area contributed by atoms with E-state index in [0.29, 0.717) is 11.7 Å². The van der Waals surface area contributed by atoms with Crippen molar-refractivity contribution >= 4 is 28.7 Å². The first-order valence-electron chi connectivity index (χ1n) is 7.94. The van der Waals surface area contributed by atoms with Gasteiger partial charge in [0.2, 0.25) is 0 Å². The number of hydrogen-bond acceptors (Lipinski definition) is 2. The fourth-order valence-corrected chi connectivity index (χ4v) is 2.81. The Morgan fingerprint density at radius 2 is 1.72 bits per heavy atom. The highest BCUT2D eigenvalue weighted by molar-refractivity contribution is 7.80. The summed E-state index contributed by atoms with van der Waals surface area (Å²) in [6, 6.07) is 16.2. The van der Waals surface area contributed by atoms with Crippen molar-refractivity contribution in [2.45, 2.75) is 20.4 Å². The van der Waals surface area contributed by atoms with Crippen molar-refractivity contribution in [1.29, 1.82) is 0 Å². The molecule has 3 aromatic rings. The number of nitrogens with one attached hydrogen (secondary N) is 2. The molecule has 2 N–H and O–H groups in total. The Morgan fingerprint density at radius 1 is 1.04 bits per heavy atom. The molecule has 3 rings (SSSR count). The van der Waals surface area contributed by atoms with Crippen LogP contribution >= 0.6 is 12.2 Å². The third kappa shape index (κ3) is 4.22. The normalized spacial score (nSPS) is 10.5. The maximum atomic E-state index is 13.0. The summed E-state index contributed by atoms with van der Waals surface area (Å²) in [4.78, 5) is 0. The van der Waals surface area contributed by atoms with Crippen molar-refractivity contribution in [3.8, 4) is 0 Å². The molecule has 0 saturated heterocycles. The Kier molecular flexibility index (Phi) is 5.09. The number of hydrogen-bond donors (Lipinski definition) is 2. The molecular weight excluding hydrogens is 335 g/mol. The van der Waals surface area contributed by atoms with Crippen molar-refractivity contribution in [2.24, 2.45) is 0 Å². The van der Waals surface area contributed by atoms with Crippen molar-refractivity contribution < 1.29 is 4.39 Å². The number of para-hydroxylation sites is 1. The molecule has 0 aliphatic heterocycles. The van der Waals surface area contributed by atoms with E-state index in [1.54, 1.807) is 12.1 Å². The summed E-state index contributed by atoms with van der Waals surface area (Å²) in [6.07, 6.45) is 0. The first kappa shape index (κ1) is 17.1. The molecule has 0 fully saturated rings. The van der Waals surface area contributed by atoms with Crippen LogP contribution in [0.1, 0.15) is 17.0 Å². The van der Waals surface area contributed by atoms with Gasteiger partial charge >= 0.3 is 0 Å². The average Bonchev–Trinajstić information content (AvgIpc) is 2.85. The van der Waals surface area contributed by atoms with Crippen LogP contribution in [0.4, 0.5) is 15.8 Å². The van der Waals surface area contributed by atoms with Gasteiger partial charge in [-0.3, -0.25) is 4.68 Å². The molecule has 6 heteroatoms. The zero-order valence-electron chi connectivity index (χ0n) is 14.1. The van der Waals surface area contributed by atoms with Gasteiger partial charge in [-0.15, -0.1) is 0 Å². The molecule has 0 unspecified atom stereocenters. The number of aromatic nitrogens is 2. The maximum Gasteiger partial charge on any atom is 0.175 e. The van der Waals surface area contributed by atoms with Gasteiger partial charge in [0.05, 0.1) is 23.6 Å². The molecule has 4 nitrogen and oxygen atoms in total. The lowest BCUT2D eigenvalue weighted by Gasteiger charge is -2.11. The van der Waals surface area contributed by atoms with Crippen LogP contribution in [0, 0.1) is 19.7 Å². The third-order valence-electron chi connectivity index (χ3n) is 3.90. The quantitative estimate of drug-likeness (QED) is 0.677. The number of thiocarbonyl (C=S) groups is 1. The SMILES string of the molecule is Cc1nn(Cc2ccc(F)cc2)c(C)c1NC(=S)Nc1ccccc1. The third-order valence-corrected chi connectivity index (χ3v) is 4.10. The van der Waals surface area contributed by atoms with Crippen molar-refractivity contribution in [3.63, 3.8) is 0 Å². The summed E-state index contributed by atoms with van der Waals surface area (Å²) in [7, 11) is 0. The lowest BCUT2D eigenvalue weighted by Crippen LogP contribution is -2.19. The van der Waals surface area contributed by atoms with Gasteiger partial charge in [0.15, 0.2) is 5.11 Å². The molecule has 0 aliphatic carbocycles. The van der Waals surface area contributed by atoms with Gasteiger partial charge in [-0.05, 0) is 55.9 Å². The van der Waals surface area contributed by atoms with Gasteiger partial charge in [-0.1, -0.05) is 30.3 Å². The minimum Gasteiger partial charge on any atom is -0.332 e. The minimum absolute atomic E-state index is 0.239. The number of nitrogens with zero attached hydrogens (tertiary/aromatic N) is 2. The number of benzene rings is 2. The lowest BCUT2D eigenvalue weighted by molar-refractivity contribution is 0.622. The molecule has 0 spiro atoms. The zero-order valence-corrected chi connectivity index (χ0v) is 14.9. The van der Waals surface area contributed by atoms with Crippen LogP contribution in [0.15, 0.2) is 54.6 Å². The molecule has 0 aliphatic rings. The Morgan fingerprint density at radius 3 is 2.40 bits per heavy atom. The van der Waals surface area contributed by atoms with E-state index in [2.05, 4.69) is 15.7 Å². The molecule has 0 saturated carbocycles. The fraction of sp³-hybridized carbons (Fsp3) is 0.158. The monoisotopic (exact) mass is 354 g/mol. The van der Waals surface area contributed by atoms with Gasteiger partial charge in [0.25, 0.3) is 0 Å². The van der Waals surface area contributed by atoms with E-state index in [9.17, 15) is 4.39 Å². The maximum absolute atomic E-state index is 13.0. The highest BCUT2D eigenvalue weighted by Gasteiger charge is 2.13. The predicted octanol–water partition coefficient (Wildman–Crippen LogP) is 4.50. The van der Waals surface area contributed by atoms with E-state index in [-0.39, 0.29) is 5.82 Å². The summed E-state index contributed by atoms with van der Waals surface area (Å²) in [5, 5.41) is 11.4. The molecule has 0 amide bonds. The van der Waals surface area contributed by atoms with Crippen LogP contribution in [0.5, 0.6) is 0 Å². The first-order valence-corrected chi connectivity index (χ1v) is 8.35. The second-order valence-corrected chi connectivity index (χ2v) is 6.18. The topological polar surface area (TPSA) is 41.9 Å². The first-order chi connectivity index (χ1) is 12.0. The second kappa shape index (κ2) is 7.44. The number of anilines is 2. The van der Waals surface area contributed by atoms with Crippen molar-refractivity contribution in [1.82, 2.24) is 9.78 Å². The number of rotatable bonds is 4. The van der Waals surface area contributed by atoms with Crippen LogP contribution in [0.3, 0.4) is 0 Å². The van der Waals surface area contributed by atoms with Gasteiger partial charge in [0.1, 0.15) is 5.82 Å². The zero-order chi connectivity index (χ0) is 17.8. The van der Waals surface area contributed by atoms with E-state index in [4.69, 9.17) is 12.2 Å². The Balaban J connectivity index is 1.73. The van der Waals surface area contributed by atoms with Gasteiger partial charge in [-0.2, -0.15) is 5.10 Å². The van der Waals surface area contributed by atoms with Crippen LogP contribution in [0.25, 0.3) is 0 Å². The molecule has 1 aromatic heterocycles. The Labute approximate surface area is 151 Å². The molecule has 0 radical (unpaired) electrons.